The van der Waals surface area contributed by atoms with E-state index in [1.165, 1.54) is 0 Å². The van der Waals surface area contributed by atoms with E-state index in [0.29, 0.717) is 29.1 Å². The average molecular weight is 505 g/mol. The molecular weight excluding hydrogens is 468 g/mol. The van der Waals surface area contributed by atoms with Crippen LogP contribution in [0.2, 0.25) is 0 Å². The zero-order chi connectivity index (χ0) is 26.1. The zero-order valence-corrected chi connectivity index (χ0v) is 22.1. The highest BCUT2D eigenvalue weighted by Crippen LogP contribution is 2.34. The first kappa shape index (κ1) is 25.1. The predicted octanol–water partition coefficient (Wildman–Crippen LogP) is 3.55. The monoisotopic (exact) mass is 504 g/mol. The van der Waals surface area contributed by atoms with E-state index < -0.39 is 0 Å². The van der Waals surface area contributed by atoms with Crippen molar-refractivity contribution in [1.82, 2.24) is 34.2 Å². The molecule has 1 saturated heterocycles. The molecule has 0 aromatic carbocycles. The molecule has 0 spiro atoms. The molecule has 37 heavy (non-hydrogen) atoms. The number of hydrogen-bond acceptors (Lipinski definition) is 7. The summed E-state index contributed by atoms with van der Waals surface area (Å²) in [5, 5.41) is 4.01. The Morgan fingerprint density at radius 3 is 2.38 bits per heavy atom. The van der Waals surface area contributed by atoms with E-state index in [-0.39, 0.29) is 17.9 Å². The van der Waals surface area contributed by atoms with E-state index in [0.717, 1.165) is 62.9 Å². The summed E-state index contributed by atoms with van der Waals surface area (Å²) in [6.45, 7) is 7.60. The van der Waals surface area contributed by atoms with Gasteiger partial charge in [-0.1, -0.05) is 12.8 Å². The molecule has 1 aliphatic carbocycles. The smallest absolute Gasteiger partial charge is 0.270 e. The summed E-state index contributed by atoms with van der Waals surface area (Å²) in [5.41, 5.74) is 1.97. The normalized spacial score (nSPS) is 17.1. The van der Waals surface area contributed by atoms with Gasteiger partial charge in [0.1, 0.15) is 17.2 Å². The maximum absolute atomic E-state index is 12.9. The van der Waals surface area contributed by atoms with Crippen molar-refractivity contribution in [3.05, 3.63) is 41.9 Å². The van der Waals surface area contributed by atoms with Gasteiger partial charge in [0.15, 0.2) is 0 Å². The van der Waals surface area contributed by atoms with Crippen molar-refractivity contribution in [3.8, 4) is 0 Å². The molecule has 10 nitrogen and oxygen atoms in total. The third-order valence-corrected chi connectivity index (χ3v) is 7.47. The van der Waals surface area contributed by atoms with Crippen molar-refractivity contribution in [2.75, 3.05) is 45.6 Å². The van der Waals surface area contributed by atoms with Crippen LogP contribution in [-0.4, -0.2) is 92.3 Å². The van der Waals surface area contributed by atoms with E-state index in [2.05, 4.69) is 38.6 Å². The third kappa shape index (κ3) is 5.16. The standard InChI is InChI=1S/C27H36N8O2/c1-18(2)33-11-13-34(14-12-33)25(36)19-9-10-23(28-16-19)30-27-29-17-20-15-22(26(37)32(3)4)35(24(20)31-27)21-7-5-6-8-21/h9-10,15-18,21H,5-8,11-14H2,1-4H3,(H,28,29,30,31). The Hall–Kier alpha value is -3.53. The number of hydrogen-bond donors (Lipinski definition) is 1. The topological polar surface area (TPSA) is 99.5 Å². The van der Waals surface area contributed by atoms with Crippen molar-refractivity contribution >= 4 is 34.6 Å². The van der Waals surface area contributed by atoms with Crippen LogP contribution in [0.25, 0.3) is 11.0 Å². The first-order chi connectivity index (χ1) is 17.8. The molecule has 0 bridgehead atoms. The quantitative estimate of drug-likeness (QED) is 0.548. The van der Waals surface area contributed by atoms with E-state index in [9.17, 15) is 9.59 Å². The molecule has 1 N–H and O–H groups in total. The lowest BCUT2D eigenvalue weighted by Crippen LogP contribution is -2.50. The number of aromatic nitrogens is 4. The van der Waals surface area contributed by atoms with Crippen molar-refractivity contribution in [1.29, 1.82) is 0 Å². The molecule has 0 radical (unpaired) electrons. The third-order valence-electron chi connectivity index (χ3n) is 7.47. The van der Waals surface area contributed by atoms with Crippen molar-refractivity contribution < 1.29 is 9.59 Å². The van der Waals surface area contributed by atoms with E-state index in [1.807, 2.05) is 11.0 Å². The lowest BCUT2D eigenvalue weighted by molar-refractivity contribution is 0.0595. The van der Waals surface area contributed by atoms with Crippen molar-refractivity contribution in [3.63, 3.8) is 0 Å². The molecule has 0 unspecified atom stereocenters. The zero-order valence-electron chi connectivity index (χ0n) is 22.1. The maximum Gasteiger partial charge on any atom is 0.270 e. The Labute approximate surface area is 217 Å². The summed E-state index contributed by atoms with van der Waals surface area (Å²) in [4.78, 5) is 45.4. The molecule has 4 heterocycles. The highest BCUT2D eigenvalue weighted by atomic mass is 16.2. The van der Waals surface area contributed by atoms with Gasteiger partial charge < -0.3 is 19.7 Å². The number of carbonyl (C=O) groups excluding carboxylic acids is 2. The molecule has 2 aliphatic rings. The molecular formula is C27H36N8O2. The summed E-state index contributed by atoms with van der Waals surface area (Å²) in [7, 11) is 3.53. The summed E-state index contributed by atoms with van der Waals surface area (Å²) in [5.74, 6) is 0.939. The molecule has 1 aliphatic heterocycles. The van der Waals surface area contributed by atoms with Gasteiger partial charge in [-0.25, -0.2) is 9.97 Å². The van der Waals surface area contributed by atoms with Gasteiger partial charge in [-0.05, 0) is 44.9 Å². The molecule has 0 atom stereocenters. The molecule has 2 fully saturated rings. The van der Waals surface area contributed by atoms with Gasteiger partial charge in [0.2, 0.25) is 5.95 Å². The summed E-state index contributed by atoms with van der Waals surface area (Å²) >= 11 is 0. The number of anilines is 2. The van der Waals surface area contributed by atoms with E-state index >= 15 is 0 Å². The summed E-state index contributed by atoms with van der Waals surface area (Å²) in [6, 6.07) is 6.21. The van der Waals surface area contributed by atoms with Crippen LogP contribution in [0.15, 0.2) is 30.6 Å². The van der Waals surface area contributed by atoms with Crippen LogP contribution in [0.5, 0.6) is 0 Å². The summed E-state index contributed by atoms with van der Waals surface area (Å²) < 4.78 is 2.09. The van der Waals surface area contributed by atoms with Crippen molar-refractivity contribution in [2.24, 2.45) is 0 Å². The average Bonchev–Trinajstić information content (AvgIpc) is 3.56. The largest absolute Gasteiger partial charge is 0.343 e. The van der Waals surface area contributed by atoms with Crippen LogP contribution < -0.4 is 5.32 Å². The van der Waals surface area contributed by atoms with Crippen LogP contribution in [0.4, 0.5) is 11.8 Å². The number of amides is 2. The van der Waals surface area contributed by atoms with Gasteiger partial charge in [0, 0.05) is 70.1 Å². The number of nitrogens with one attached hydrogen (secondary N) is 1. The number of nitrogens with zero attached hydrogens (tertiary/aromatic N) is 7. The molecule has 1 saturated carbocycles. The second-order valence-electron chi connectivity index (χ2n) is 10.5. The fourth-order valence-electron chi connectivity index (χ4n) is 5.33. The SMILES string of the molecule is CC(C)N1CCN(C(=O)c2ccc(Nc3ncc4cc(C(=O)N(C)C)n(C5CCCC5)c4n3)nc2)CC1. The second kappa shape index (κ2) is 10.5. The number of piperazine rings is 1. The first-order valence-corrected chi connectivity index (χ1v) is 13.2. The molecule has 196 valence electrons. The number of pyridine rings is 1. The lowest BCUT2D eigenvalue weighted by Gasteiger charge is -2.36. The van der Waals surface area contributed by atoms with Crippen LogP contribution >= 0.6 is 0 Å². The van der Waals surface area contributed by atoms with E-state index in [4.69, 9.17) is 4.98 Å². The first-order valence-electron chi connectivity index (χ1n) is 13.2. The Morgan fingerprint density at radius 1 is 1.03 bits per heavy atom. The second-order valence-corrected chi connectivity index (χ2v) is 10.5. The molecule has 3 aromatic heterocycles. The van der Waals surface area contributed by atoms with Crippen LogP contribution in [0.3, 0.4) is 0 Å². The molecule has 5 rings (SSSR count). The number of fused-ring (bicyclic) bond motifs is 1. The molecule has 10 heteroatoms. The highest BCUT2D eigenvalue weighted by Gasteiger charge is 2.27. The van der Waals surface area contributed by atoms with Gasteiger partial charge in [-0.15, -0.1) is 0 Å². The van der Waals surface area contributed by atoms with Crippen molar-refractivity contribution in [2.45, 2.75) is 51.6 Å². The predicted molar refractivity (Wildman–Crippen MR) is 143 cm³/mol. The van der Waals surface area contributed by atoms with Gasteiger partial charge in [0.05, 0.1) is 5.56 Å². The maximum atomic E-state index is 12.9. The van der Waals surface area contributed by atoms with Crippen LogP contribution in [0, 0.1) is 0 Å². The minimum atomic E-state index is -0.0352. The van der Waals surface area contributed by atoms with Gasteiger partial charge in [0.25, 0.3) is 11.8 Å². The van der Waals surface area contributed by atoms with Gasteiger partial charge in [-0.3, -0.25) is 14.5 Å². The van der Waals surface area contributed by atoms with E-state index in [1.54, 1.807) is 43.5 Å². The Morgan fingerprint density at radius 2 is 1.76 bits per heavy atom. The van der Waals surface area contributed by atoms with Gasteiger partial charge >= 0.3 is 0 Å². The fourth-order valence-corrected chi connectivity index (χ4v) is 5.33. The molecule has 3 aromatic rings. The fraction of sp³-hybridized carbons (Fsp3) is 0.519. The Kier molecular flexibility index (Phi) is 7.10. The number of carbonyl (C=O) groups is 2. The minimum Gasteiger partial charge on any atom is -0.343 e. The molecule has 2 amide bonds. The van der Waals surface area contributed by atoms with Crippen LogP contribution in [-0.2, 0) is 0 Å². The highest BCUT2D eigenvalue weighted by molar-refractivity contribution is 5.98. The van der Waals surface area contributed by atoms with Crippen LogP contribution in [0.1, 0.15) is 66.4 Å². The minimum absolute atomic E-state index is 0.00704. The number of rotatable bonds is 6. The van der Waals surface area contributed by atoms with Gasteiger partial charge in [-0.2, -0.15) is 4.98 Å². The summed E-state index contributed by atoms with van der Waals surface area (Å²) in [6.07, 6.45) is 7.73. The Bertz CT molecular complexity index is 1270. The Balaban J connectivity index is 1.33. The lowest BCUT2D eigenvalue weighted by atomic mass is 10.2.